The molecule has 1 aliphatic rings. The first-order valence-electron chi connectivity index (χ1n) is 8.30. The van der Waals surface area contributed by atoms with Crippen molar-refractivity contribution in [3.05, 3.63) is 35.9 Å². The molecule has 0 amide bonds. The van der Waals surface area contributed by atoms with Crippen LogP contribution in [0.5, 0.6) is 0 Å². The van der Waals surface area contributed by atoms with Gasteiger partial charge in [-0.1, -0.05) is 49.6 Å². The van der Waals surface area contributed by atoms with E-state index in [1.54, 1.807) is 0 Å². The predicted molar refractivity (Wildman–Crippen MR) is 88.1 cm³/mol. The first-order chi connectivity index (χ1) is 10.1. The fraction of sp³-hybridized carbons (Fsp3) is 0.667. The van der Waals surface area contributed by atoms with E-state index in [2.05, 4.69) is 11.9 Å². The highest BCUT2D eigenvalue weighted by Crippen LogP contribution is 2.26. The lowest BCUT2D eigenvalue weighted by Crippen LogP contribution is -2.39. The Morgan fingerprint density at radius 1 is 1.19 bits per heavy atom. The Kier molecular flexibility index (Phi) is 6.22. The van der Waals surface area contributed by atoms with Crippen molar-refractivity contribution in [3.8, 4) is 0 Å². The summed E-state index contributed by atoms with van der Waals surface area (Å²) in [6, 6.07) is 9.82. The molecule has 0 aliphatic heterocycles. The van der Waals surface area contributed by atoms with Gasteiger partial charge in [0.25, 0.3) is 0 Å². The number of rotatable bonds is 7. The summed E-state index contributed by atoms with van der Waals surface area (Å²) in [7, 11) is 2.16. The first kappa shape index (κ1) is 16.5. The summed E-state index contributed by atoms with van der Waals surface area (Å²) in [5.74, 6) is 0.839. The molecule has 118 valence electrons. The zero-order chi connectivity index (χ0) is 15.1. The van der Waals surface area contributed by atoms with Gasteiger partial charge in [0.05, 0.1) is 0 Å². The number of nitrogens with two attached hydrogens (primary N) is 1. The maximum Gasteiger partial charge on any atom is 0.103 e. The van der Waals surface area contributed by atoms with Gasteiger partial charge in [-0.3, -0.25) is 0 Å². The second-order valence-electron chi connectivity index (χ2n) is 6.62. The molecule has 3 heteroatoms. The lowest BCUT2D eigenvalue weighted by Gasteiger charge is -2.31. The average molecular weight is 290 g/mol. The first-order valence-corrected chi connectivity index (χ1v) is 8.30. The third-order valence-corrected chi connectivity index (χ3v) is 4.85. The molecule has 3 nitrogen and oxygen atoms in total. The summed E-state index contributed by atoms with van der Waals surface area (Å²) in [5.41, 5.74) is 5.87. The molecule has 1 aliphatic carbocycles. The minimum absolute atomic E-state index is 0.272. The smallest absolute Gasteiger partial charge is 0.103 e. The number of nitrogens with zero attached hydrogens (tertiary/aromatic N) is 1. The van der Waals surface area contributed by atoms with Crippen molar-refractivity contribution < 1.29 is 5.11 Å². The van der Waals surface area contributed by atoms with E-state index < -0.39 is 5.60 Å². The molecule has 0 spiro atoms. The molecular weight excluding hydrogens is 260 g/mol. The van der Waals surface area contributed by atoms with E-state index in [0.29, 0.717) is 6.42 Å². The van der Waals surface area contributed by atoms with E-state index >= 15 is 0 Å². The Hall–Kier alpha value is -0.900. The van der Waals surface area contributed by atoms with Crippen LogP contribution in [0.2, 0.25) is 0 Å². The number of hydrogen-bond acceptors (Lipinski definition) is 3. The highest BCUT2D eigenvalue weighted by atomic mass is 16.3. The maximum absolute atomic E-state index is 10.8. The summed E-state index contributed by atoms with van der Waals surface area (Å²) in [4.78, 5) is 2.36. The minimum atomic E-state index is -0.901. The van der Waals surface area contributed by atoms with Crippen molar-refractivity contribution in [1.29, 1.82) is 0 Å². The topological polar surface area (TPSA) is 49.5 Å². The zero-order valence-corrected chi connectivity index (χ0v) is 13.3. The van der Waals surface area contributed by atoms with Crippen molar-refractivity contribution in [2.24, 2.45) is 11.7 Å². The summed E-state index contributed by atoms with van der Waals surface area (Å²) >= 11 is 0. The van der Waals surface area contributed by atoms with Gasteiger partial charge in [0.2, 0.25) is 0 Å². The van der Waals surface area contributed by atoms with E-state index in [4.69, 9.17) is 5.73 Å². The van der Waals surface area contributed by atoms with Crippen LogP contribution in [0, 0.1) is 5.92 Å². The quantitative estimate of drug-likeness (QED) is 0.812. The highest BCUT2D eigenvalue weighted by molar-refractivity contribution is 5.22. The minimum Gasteiger partial charge on any atom is -0.384 e. The van der Waals surface area contributed by atoms with Gasteiger partial charge in [-0.25, -0.2) is 0 Å². The third-order valence-electron chi connectivity index (χ3n) is 4.85. The number of benzene rings is 1. The highest BCUT2D eigenvalue weighted by Gasteiger charge is 2.27. The van der Waals surface area contributed by atoms with Gasteiger partial charge < -0.3 is 15.7 Å². The monoisotopic (exact) mass is 290 g/mol. The lowest BCUT2D eigenvalue weighted by atomic mass is 9.88. The molecule has 1 unspecified atom stereocenters. The van der Waals surface area contributed by atoms with Gasteiger partial charge in [0, 0.05) is 19.6 Å². The summed E-state index contributed by atoms with van der Waals surface area (Å²) < 4.78 is 0. The van der Waals surface area contributed by atoms with Crippen LogP contribution in [-0.2, 0) is 5.60 Å². The number of hydrogen-bond donors (Lipinski definition) is 2. The van der Waals surface area contributed by atoms with E-state index in [9.17, 15) is 5.11 Å². The van der Waals surface area contributed by atoms with Gasteiger partial charge in [0.15, 0.2) is 0 Å². The van der Waals surface area contributed by atoms with Crippen LogP contribution in [-0.4, -0.2) is 36.7 Å². The van der Waals surface area contributed by atoms with Crippen LogP contribution in [0.15, 0.2) is 30.3 Å². The summed E-state index contributed by atoms with van der Waals surface area (Å²) in [5, 5.41) is 10.8. The standard InChI is InChI=1S/C18H30N2O/c1-20(14-16-8-4-2-5-9-16)13-12-18(21,15-19)17-10-6-3-7-11-17/h3,6-7,10-11,16,21H,2,4-5,8-9,12-15,19H2,1H3. The summed E-state index contributed by atoms with van der Waals surface area (Å²) in [6.45, 7) is 2.31. The van der Waals surface area contributed by atoms with Gasteiger partial charge >= 0.3 is 0 Å². The lowest BCUT2D eigenvalue weighted by molar-refractivity contribution is 0.0263. The fourth-order valence-electron chi connectivity index (χ4n) is 3.39. The molecule has 0 heterocycles. The zero-order valence-electron chi connectivity index (χ0n) is 13.3. The molecule has 0 bridgehead atoms. The molecule has 21 heavy (non-hydrogen) atoms. The number of aliphatic hydroxyl groups is 1. The molecule has 2 rings (SSSR count). The molecule has 1 aromatic rings. The molecule has 1 saturated carbocycles. The van der Waals surface area contributed by atoms with Gasteiger partial charge in [-0.2, -0.15) is 0 Å². The molecule has 0 aromatic heterocycles. The van der Waals surface area contributed by atoms with Crippen LogP contribution < -0.4 is 5.73 Å². The third kappa shape index (κ3) is 4.80. The molecule has 1 aromatic carbocycles. The Morgan fingerprint density at radius 2 is 1.86 bits per heavy atom. The van der Waals surface area contributed by atoms with Gasteiger partial charge in [-0.15, -0.1) is 0 Å². The Labute approximate surface area is 129 Å². The molecule has 3 N–H and O–H groups in total. The van der Waals surface area contributed by atoms with Gasteiger partial charge in [0.1, 0.15) is 5.60 Å². The van der Waals surface area contributed by atoms with E-state index in [0.717, 1.165) is 24.6 Å². The van der Waals surface area contributed by atoms with E-state index in [1.165, 1.54) is 32.1 Å². The van der Waals surface area contributed by atoms with Crippen LogP contribution >= 0.6 is 0 Å². The molecule has 1 fully saturated rings. The van der Waals surface area contributed by atoms with Crippen LogP contribution in [0.4, 0.5) is 0 Å². The second-order valence-corrected chi connectivity index (χ2v) is 6.62. The fourth-order valence-corrected chi connectivity index (χ4v) is 3.39. The van der Waals surface area contributed by atoms with Gasteiger partial charge in [-0.05, 0) is 37.8 Å². The molecule has 0 saturated heterocycles. The van der Waals surface area contributed by atoms with E-state index in [-0.39, 0.29) is 6.54 Å². The second kappa shape index (κ2) is 7.92. The van der Waals surface area contributed by atoms with Crippen LogP contribution in [0.25, 0.3) is 0 Å². The summed E-state index contributed by atoms with van der Waals surface area (Å²) in [6.07, 6.45) is 7.59. The van der Waals surface area contributed by atoms with Crippen molar-refractivity contribution in [2.75, 3.05) is 26.7 Å². The van der Waals surface area contributed by atoms with Crippen molar-refractivity contribution in [1.82, 2.24) is 4.90 Å². The Balaban J connectivity index is 1.84. The SMILES string of the molecule is CN(CCC(O)(CN)c1ccccc1)CC1CCCCC1. The molecule has 0 radical (unpaired) electrons. The Bertz CT molecular complexity index is 403. The van der Waals surface area contributed by atoms with Crippen molar-refractivity contribution >= 4 is 0 Å². The Morgan fingerprint density at radius 3 is 2.48 bits per heavy atom. The van der Waals surface area contributed by atoms with Crippen molar-refractivity contribution in [2.45, 2.75) is 44.1 Å². The maximum atomic E-state index is 10.8. The molecular formula is C18H30N2O. The predicted octanol–water partition coefficient (Wildman–Crippen LogP) is 2.74. The normalized spacial score (nSPS) is 19.6. The molecule has 1 atom stereocenters. The van der Waals surface area contributed by atoms with Crippen molar-refractivity contribution in [3.63, 3.8) is 0 Å². The van der Waals surface area contributed by atoms with E-state index in [1.807, 2.05) is 30.3 Å². The van der Waals surface area contributed by atoms with Crippen LogP contribution in [0.1, 0.15) is 44.1 Å². The van der Waals surface area contributed by atoms with Crippen LogP contribution in [0.3, 0.4) is 0 Å². The average Bonchev–Trinajstić information content (AvgIpc) is 2.54. The largest absolute Gasteiger partial charge is 0.384 e.